The van der Waals surface area contributed by atoms with Crippen LogP contribution in [0.25, 0.3) is 10.9 Å². The molecule has 0 fully saturated rings. The molecule has 8 heteroatoms. The van der Waals surface area contributed by atoms with Crippen molar-refractivity contribution in [2.24, 2.45) is 13.0 Å². The van der Waals surface area contributed by atoms with Gasteiger partial charge >= 0.3 is 5.97 Å². The summed E-state index contributed by atoms with van der Waals surface area (Å²) in [7, 11) is 5.41. The van der Waals surface area contributed by atoms with E-state index in [0.29, 0.717) is 6.42 Å². The Bertz CT molecular complexity index is 1410. The first-order valence-corrected chi connectivity index (χ1v) is 14.0. The Kier molecular flexibility index (Phi) is 10.2. The average molecular weight is 561 g/mol. The molecule has 0 aliphatic rings. The van der Waals surface area contributed by atoms with Crippen molar-refractivity contribution in [2.75, 3.05) is 14.1 Å². The number of aryl methyl sites for hydroxylation is 1. The van der Waals surface area contributed by atoms with E-state index >= 15 is 0 Å². The second-order valence-corrected chi connectivity index (χ2v) is 11.7. The van der Waals surface area contributed by atoms with Crippen molar-refractivity contribution in [3.8, 4) is 0 Å². The molecule has 3 aromatic rings. The van der Waals surface area contributed by atoms with Crippen LogP contribution in [0.1, 0.15) is 45.7 Å². The molecule has 41 heavy (non-hydrogen) atoms. The number of rotatable bonds is 12. The summed E-state index contributed by atoms with van der Waals surface area (Å²) in [5, 5.41) is 16.8. The van der Waals surface area contributed by atoms with Crippen molar-refractivity contribution in [1.29, 1.82) is 0 Å². The zero-order valence-corrected chi connectivity index (χ0v) is 25.4. The molecule has 0 spiro atoms. The van der Waals surface area contributed by atoms with E-state index < -0.39 is 29.5 Å². The molecule has 0 bridgehead atoms. The molecule has 1 aromatic heterocycles. The van der Waals surface area contributed by atoms with Crippen LogP contribution in [0, 0.1) is 5.92 Å². The number of para-hydroxylation sites is 1. The number of hydrogen-bond acceptors (Lipinski definition) is 4. The number of nitrogens with one attached hydrogen (secondary N) is 2. The minimum Gasteiger partial charge on any atom is -0.478 e. The quantitative estimate of drug-likeness (QED) is 0.287. The number of carboxylic acids is 1. The molecule has 0 saturated heterocycles. The van der Waals surface area contributed by atoms with Crippen molar-refractivity contribution >= 4 is 28.7 Å². The minimum absolute atomic E-state index is 0.0401. The van der Waals surface area contributed by atoms with Gasteiger partial charge in [-0.05, 0) is 37.1 Å². The molecule has 3 N–H and O–H groups in total. The number of aliphatic carboxylic acids is 1. The smallest absolute Gasteiger partial charge is 0.331 e. The van der Waals surface area contributed by atoms with Gasteiger partial charge in [-0.15, -0.1) is 0 Å². The summed E-state index contributed by atoms with van der Waals surface area (Å²) < 4.78 is 2.06. The zero-order valence-electron chi connectivity index (χ0n) is 25.4. The summed E-state index contributed by atoms with van der Waals surface area (Å²) in [4.78, 5) is 41.1. The number of benzene rings is 2. The Balaban J connectivity index is 1.97. The number of nitrogens with zero attached hydrogens (tertiary/aromatic N) is 2. The lowest BCUT2D eigenvalue weighted by Crippen LogP contribution is -2.59. The van der Waals surface area contributed by atoms with E-state index in [2.05, 4.69) is 33.5 Å². The summed E-state index contributed by atoms with van der Waals surface area (Å²) in [5.41, 5.74) is 2.57. The van der Waals surface area contributed by atoms with Crippen LogP contribution in [0.4, 0.5) is 0 Å². The van der Waals surface area contributed by atoms with Gasteiger partial charge in [0.15, 0.2) is 0 Å². The number of carbonyl (C=O) groups is 3. The van der Waals surface area contributed by atoms with Crippen LogP contribution in [-0.2, 0) is 33.3 Å². The maximum Gasteiger partial charge on any atom is 0.331 e. The maximum absolute atomic E-state index is 14.0. The van der Waals surface area contributed by atoms with E-state index in [1.807, 2.05) is 77.2 Å². The van der Waals surface area contributed by atoms with Gasteiger partial charge in [0.25, 0.3) is 0 Å². The van der Waals surface area contributed by atoms with Crippen LogP contribution >= 0.6 is 0 Å². The highest BCUT2D eigenvalue weighted by molar-refractivity contribution is 5.93. The first-order chi connectivity index (χ1) is 19.3. The highest BCUT2D eigenvalue weighted by Crippen LogP contribution is 2.34. The lowest BCUT2D eigenvalue weighted by Gasteiger charge is -2.36. The fourth-order valence-corrected chi connectivity index (χ4v) is 5.61. The van der Waals surface area contributed by atoms with Gasteiger partial charge in [-0.3, -0.25) is 9.59 Å². The molecule has 220 valence electrons. The molecule has 3 rings (SSSR count). The Hall–Kier alpha value is -3.91. The molecule has 3 atom stereocenters. The second-order valence-electron chi connectivity index (χ2n) is 11.7. The van der Waals surface area contributed by atoms with Gasteiger partial charge in [0, 0.05) is 48.6 Å². The van der Waals surface area contributed by atoms with Gasteiger partial charge in [0.1, 0.15) is 6.04 Å². The van der Waals surface area contributed by atoms with E-state index in [9.17, 15) is 19.5 Å². The number of amides is 2. The van der Waals surface area contributed by atoms with Crippen molar-refractivity contribution in [1.82, 2.24) is 20.1 Å². The minimum atomic E-state index is -1.03. The molecular weight excluding hydrogens is 516 g/mol. The van der Waals surface area contributed by atoms with Crippen molar-refractivity contribution < 1.29 is 19.5 Å². The topological polar surface area (TPSA) is 104 Å². The Labute approximate surface area is 243 Å². The van der Waals surface area contributed by atoms with Gasteiger partial charge in [-0.25, -0.2) is 4.79 Å². The van der Waals surface area contributed by atoms with E-state index in [4.69, 9.17) is 0 Å². The molecule has 0 radical (unpaired) electrons. The lowest BCUT2D eigenvalue weighted by molar-refractivity contribution is -0.138. The molecule has 0 aliphatic heterocycles. The largest absolute Gasteiger partial charge is 0.478 e. The van der Waals surface area contributed by atoms with E-state index in [1.54, 1.807) is 25.1 Å². The van der Waals surface area contributed by atoms with Crippen LogP contribution in [-0.4, -0.2) is 64.6 Å². The van der Waals surface area contributed by atoms with Gasteiger partial charge in [-0.1, -0.05) is 82.3 Å². The van der Waals surface area contributed by atoms with Crippen LogP contribution in [0.2, 0.25) is 0 Å². The third-order valence-electron chi connectivity index (χ3n) is 8.00. The molecule has 2 aromatic carbocycles. The number of aromatic nitrogens is 1. The summed E-state index contributed by atoms with van der Waals surface area (Å²) in [6, 6.07) is 15.7. The highest BCUT2D eigenvalue weighted by Gasteiger charge is 2.39. The molecule has 8 nitrogen and oxygen atoms in total. The van der Waals surface area contributed by atoms with E-state index in [-0.39, 0.29) is 23.3 Å². The molecule has 2 unspecified atom stereocenters. The zero-order chi connectivity index (χ0) is 30.5. The van der Waals surface area contributed by atoms with Gasteiger partial charge < -0.3 is 25.2 Å². The number of fused-ring (bicyclic) bond motifs is 1. The summed E-state index contributed by atoms with van der Waals surface area (Å²) in [6.45, 7) is 9.46. The predicted molar refractivity (Wildman–Crippen MR) is 164 cm³/mol. The van der Waals surface area contributed by atoms with E-state index in [0.717, 1.165) is 22.0 Å². The fourth-order valence-electron chi connectivity index (χ4n) is 5.61. The van der Waals surface area contributed by atoms with E-state index in [1.165, 1.54) is 6.92 Å². The normalized spacial score (nSPS) is 14.5. The number of likely N-dealkylation sites (N-methyl/N-ethyl adjacent to an activating group) is 2. The molecule has 1 heterocycles. The first kappa shape index (κ1) is 31.6. The van der Waals surface area contributed by atoms with Crippen LogP contribution in [0.5, 0.6) is 0 Å². The molecule has 2 amide bonds. The Morgan fingerprint density at radius 1 is 1.05 bits per heavy atom. The number of carbonyl (C=O) groups excluding carboxylic acids is 2. The van der Waals surface area contributed by atoms with Gasteiger partial charge in [0.05, 0.1) is 12.1 Å². The Morgan fingerprint density at radius 3 is 2.24 bits per heavy atom. The molecule has 0 saturated carbocycles. The monoisotopic (exact) mass is 560 g/mol. The first-order valence-electron chi connectivity index (χ1n) is 14.0. The third-order valence-corrected chi connectivity index (χ3v) is 8.00. The lowest BCUT2D eigenvalue weighted by atomic mass is 9.77. The third kappa shape index (κ3) is 7.06. The van der Waals surface area contributed by atoms with Gasteiger partial charge in [-0.2, -0.15) is 0 Å². The number of carboxylic acid groups (broad SMARTS) is 1. The van der Waals surface area contributed by atoms with Crippen LogP contribution < -0.4 is 10.6 Å². The maximum atomic E-state index is 14.0. The second kappa shape index (κ2) is 13.2. The average Bonchev–Trinajstić information content (AvgIpc) is 3.28. The summed E-state index contributed by atoms with van der Waals surface area (Å²) >= 11 is 0. The fraction of sp³-hybridized carbons (Fsp3) is 0.424. The molecular formula is C33H44N4O4. The SMILES string of the molecule is CNC(C(=O)N[C@@H](Cc1ccccc1)C(=O)N(C)C(C=C(C)C(=O)O)C(C)C)C(C)(C)c1cn(C)c2ccccc12. The standard InChI is InChI=1S/C33H44N4O4/c1-21(2)28(18-22(3)32(40)41)37(8)31(39)26(19-23-14-10-9-11-15-23)35-30(38)29(34-6)33(4,5)25-20-36(7)27-17-13-12-16-24(25)27/h9-18,20-21,26,28-29,34H,19H2,1-8H3,(H,35,38)(H,40,41)/t26-,28?,29?/m0/s1. The Morgan fingerprint density at radius 2 is 1.66 bits per heavy atom. The summed E-state index contributed by atoms with van der Waals surface area (Å²) in [5.74, 6) is -1.64. The van der Waals surface area contributed by atoms with Crippen molar-refractivity contribution in [2.45, 2.75) is 64.6 Å². The molecule has 0 aliphatic carbocycles. The van der Waals surface area contributed by atoms with Crippen LogP contribution in [0.15, 0.2) is 72.4 Å². The number of hydrogen-bond donors (Lipinski definition) is 3. The van der Waals surface area contributed by atoms with Crippen molar-refractivity contribution in [3.63, 3.8) is 0 Å². The van der Waals surface area contributed by atoms with Crippen LogP contribution in [0.3, 0.4) is 0 Å². The summed E-state index contributed by atoms with van der Waals surface area (Å²) in [6.07, 6.45) is 3.96. The predicted octanol–water partition coefficient (Wildman–Crippen LogP) is 4.29. The van der Waals surface area contributed by atoms with Gasteiger partial charge in [0.2, 0.25) is 11.8 Å². The van der Waals surface area contributed by atoms with Crippen molar-refractivity contribution in [3.05, 3.63) is 83.6 Å². The highest BCUT2D eigenvalue weighted by atomic mass is 16.4.